The second-order valence-electron chi connectivity index (χ2n) is 6.31. The zero-order valence-electron chi connectivity index (χ0n) is 17.4. The Kier molecular flexibility index (Phi) is 7.39. The zero-order valence-corrected chi connectivity index (χ0v) is 19.0. The van der Waals surface area contributed by atoms with Crippen LogP contribution in [0.5, 0.6) is 23.0 Å². The van der Waals surface area contributed by atoms with Gasteiger partial charge in [0.2, 0.25) is 5.75 Å². The first-order valence-corrected chi connectivity index (χ1v) is 10.4. The number of amides is 2. The number of nitrogens with zero attached hydrogens (tertiary/aromatic N) is 1. The van der Waals surface area contributed by atoms with E-state index in [0.29, 0.717) is 21.6 Å². The highest BCUT2D eigenvalue weighted by atomic mass is 35.5. The van der Waals surface area contributed by atoms with E-state index >= 15 is 0 Å². The fourth-order valence-corrected chi connectivity index (χ4v) is 3.73. The molecule has 0 saturated carbocycles. The number of hydrogen-bond acceptors (Lipinski definition) is 8. The van der Waals surface area contributed by atoms with Crippen molar-refractivity contribution >= 4 is 39.9 Å². The van der Waals surface area contributed by atoms with E-state index in [9.17, 15) is 9.59 Å². The van der Waals surface area contributed by atoms with Gasteiger partial charge in [0.1, 0.15) is 5.75 Å². The normalized spacial score (nSPS) is 10.4. The summed E-state index contributed by atoms with van der Waals surface area (Å²) in [5, 5.41) is 5.40. The molecule has 0 aliphatic rings. The van der Waals surface area contributed by atoms with E-state index in [2.05, 4.69) is 10.3 Å². The Hall–Kier alpha value is -3.50. The van der Waals surface area contributed by atoms with Crippen molar-refractivity contribution in [3.8, 4) is 34.3 Å². The highest BCUT2D eigenvalue weighted by molar-refractivity contribution is 7.14. The van der Waals surface area contributed by atoms with Gasteiger partial charge < -0.3 is 24.7 Å². The van der Waals surface area contributed by atoms with Gasteiger partial charge in [0.05, 0.1) is 32.0 Å². The number of hydrogen-bond donors (Lipinski definition) is 2. The molecule has 0 saturated heterocycles. The SMILES string of the molecule is COc1ccc(-c2csc(NC(=O)c3cc(OC)c(OCC(N)=O)c(OC)c3)n2)cc1Cl. The Morgan fingerprint density at radius 3 is 2.28 bits per heavy atom. The average Bonchev–Trinajstić information content (AvgIpc) is 3.25. The van der Waals surface area contributed by atoms with Crippen molar-refractivity contribution in [3.63, 3.8) is 0 Å². The molecule has 11 heteroatoms. The van der Waals surface area contributed by atoms with Gasteiger partial charge in [-0.05, 0) is 30.3 Å². The first kappa shape index (κ1) is 23.2. The van der Waals surface area contributed by atoms with Gasteiger partial charge in [0.25, 0.3) is 11.8 Å². The van der Waals surface area contributed by atoms with E-state index in [1.165, 1.54) is 44.8 Å². The van der Waals surface area contributed by atoms with Gasteiger partial charge in [0.15, 0.2) is 23.2 Å². The second kappa shape index (κ2) is 10.2. The molecule has 0 radical (unpaired) electrons. The predicted octanol–water partition coefficient (Wildman–Crippen LogP) is 3.61. The lowest BCUT2D eigenvalue weighted by molar-refractivity contribution is -0.120. The van der Waals surface area contributed by atoms with Crippen LogP contribution in [0.15, 0.2) is 35.7 Å². The first-order valence-electron chi connectivity index (χ1n) is 9.14. The van der Waals surface area contributed by atoms with Crippen LogP contribution in [0.25, 0.3) is 11.3 Å². The summed E-state index contributed by atoms with van der Waals surface area (Å²) in [7, 11) is 4.35. The second-order valence-corrected chi connectivity index (χ2v) is 7.57. The van der Waals surface area contributed by atoms with Crippen molar-refractivity contribution in [1.82, 2.24) is 4.98 Å². The van der Waals surface area contributed by atoms with Crippen LogP contribution < -0.4 is 30.0 Å². The zero-order chi connectivity index (χ0) is 23.3. The number of carbonyl (C=O) groups excluding carboxylic acids is 2. The maximum absolute atomic E-state index is 12.8. The molecular formula is C21H20ClN3O6S. The molecule has 0 aliphatic carbocycles. The fraction of sp³-hybridized carbons (Fsp3) is 0.190. The molecule has 9 nitrogen and oxygen atoms in total. The smallest absolute Gasteiger partial charge is 0.257 e. The number of halogens is 1. The van der Waals surface area contributed by atoms with Gasteiger partial charge in [-0.1, -0.05) is 11.6 Å². The summed E-state index contributed by atoms with van der Waals surface area (Å²) in [5.74, 6) is 0.0564. The number of thiazole rings is 1. The summed E-state index contributed by atoms with van der Waals surface area (Å²) in [4.78, 5) is 28.3. The predicted molar refractivity (Wildman–Crippen MR) is 121 cm³/mol. The number of ether oxygens (including phenoxy) is 4. The van der Waals surface area contributed by atoms with Crippen LogP contribution in [0.3, 0.4) is 0 Å². The van der Waals surface area contributed by atoms with Crippen molar-refractivity contribution in [2.75, 3.05) is 33.3 Å². The van der Waals surface area contributed by atoms with E-state index < -0.39 is 11.8 Å². The molecule has 0 aliphatic heterocycles. The van der Waals surface area contributed by atoms with Gasteiger partial charge in [0, 0.05) is 16.5 Å². The molecule has 168 valence electrons. The minimum atomic E-state index is -0.659. The Labute approximate surface area is 193 Å². The Bertz CT molecular complexity index is 1130. The van der Waals surface area contributed by atoms with Crippen LogP contribution in [0.2, 0.25) is 5.02 Å². The maximum atomic E-state index is 12.8. The largest absolute Gasteiger partial charge is 0.495 e. The van der Waals surface area contributed by atoms with Crippen molar-refractivity contribution in [3.05, 3.63) is 46.3 Å². The van der Waals surface area contributed by atoms with E-state index in [1.807, 2.05) is 6.07 Å². The van der Waals surface area contributed by atoms with E-state index in [1.54, 1.807) is 17.5 Å². The molecule has 0 bridgehead atoms. The third kappa shape index (κ3) is 5.21. The molecule has 0 fully saturated rings. The Morgan fingerprint density at radius 1 is 1.06 bits per heavy atom. The van der Waals surface area contributed by atoms with E-state index in [0.717, 1.165) is 5.56 Å². The van der Waals surface area contributed by atoms with Crippen molar-refractivity contribution < 1.29 is 28.5 Å². The van der Waals surface area contributed by atoms with Crippen molar-refractivity contribution in [2.45, 2.75) is 0 Å². The Balaban J connectivity index is 1.81. The van der Waals surface area contributed by atoms with Crippen LogP contribution in [0, 0.1) is 0 Å². The number of anilines is 1. The summed E-state index contributed by atoms with van der Waals surface area (Å²) in [5.41, 5.74) is 6.81. The lowest BCUT2D eigenvalue weighted by Gasteiger charge is -2.15. The minimum absolute atomic E-state index is 0.165. The molecule has 3 rings (SSSR count). The number of aromatic nitrogens is 1. The van der Waals surface area contributed by atoms with Crippen LogP contribution in [0.4, 0.5) is 5.13 Å². The summed E-state index contributed by atoms with van der Waals surface area (Å²) >= 11 is 7.44. The third-order valence-electron chi connectivity index (χ3n) is 4.25. The van der Waals surface area contributed by atoms with Crippen LogP contribution in [0.1, 0.15) is 10.4 Å². The number of rotatable bonds is 9. The van der Waals surface area contributed by atoms with Gasteiger partial charge in [-0.25, -0.2) is 4.98 Å². The average molecular weight is 478 g/mol. The highest BCUT2D eigenvalue weighted by Crippen LogP contribution is 2.39. The molecule has 1 heterocycles. The fourth-order valence-electron chi connectivity index (χ4n) is 2.76. The van der Waals surface area contributed by atoms with Gasteiger partial charge >= 0.3 is 0 Å². The summed E-state index contributed by atoms with van der Waals surface area (Å²) in [6, 6.07) is 8.24. The van der Waals surface area contributed by atoms with Crippen LogP contribution in [-0.4, -0.2) is 44.7 Å². The van der Waals surface area contributed by atoms with Crippen LogP contribution >= 0.6 is 22.9 Å². The molecule has 1 aromatic heterocycles. The lowest BCUT2D eigenvalue weighted by Crippen LogP contribution is -2.20. The third-order valence-corrected chi connectivity index (χ3v) is 5.31. The minimum Gasteiger partial charge on any atom is -0.495 e. The molecular weight excluding hydrogens is 458 g/mol. The standard InChI is InChI=1S/C21H20ClN3O6S/c1-28-15-5-4-11(6-13(15)22)14-10-32-21(24-14)25-20(27)12-7-16(29-2)19(17(8-12)30-3)31-9-18(23)26/h4-8,10H,9H2,1-3H3,(H2,23,26)(H,24,25,27). The molecule has 0 spiro atoms. The first-order chi connectivity index (χ1) is 15.4. The maximum Gasteiger partial charge on any atom is 0.257 e. The quantitative estimate of drug-likeness (QED) is 0.482. The number of methoxy groups -OCH3 is 3. The van der Waals surface area contributed by atoms with Gasteiger partial charge in [-0.2, -0.15) is 0 Å². The molecule has 2 amide bonds. The van der Waals surface area contributed by atoms with Crippen LogP contribution in [-0.2, 0) is 4.79 Å². The monoisotopic (exact) mass is 477 g/mol. The number of nitrogens with one attached hydrogen (secondary N) is 1. The van der Waals surface area contributed by atoms with Crippen molar-refractivity contribution in [2.24, 2.45) is 5.73 Å². The van der Waals surface area contributed by atoms with E-state index in [-0.39, 0.29) is 29.4 Å². The summed E-state index contributed by atoms with van der Waals surface area (Å²) < 4.78 is 21.1. The molecule has 2 aromatic carbocycles. The lowest BCUT2D eigenvalue weighted by atomic mass is 10.1. The molecule has 3 N–H and O–H groups in total. The Morgan fingerprint density at radius 2 is 1.72 bits per heavy atom. The number of carbonyl (C=O) groups is 2. The summed E-state index contributed by atoms with van der Waals surface area (Å²) in [6.45, 7) is -0.366. The van der Waals surface area contributed by atoms with Gasteiger partial charge in [-0.15, -0.1) is 11.3 Å². The molecule has 32 heavy (non-hydrogen) atoms. The molecule has 0 atom stereocenters. The number of nitrogens with two attached hydrogens (primary N) is 1. The number of primary amides is 1. The highest BCUT2D eigenvalue weighted by Gasteiger charge is 2.19. The summed E-state index contributed by atoms with van der Waals surface area (Å²) in [6.07, 6.45) is 0. The molecule has 3 aromatic rings. The molecule has 0 unspecified atom stereocenters. The topological polar surface area (TPSA) is 122 Å². The van der Waals surface area contributed by atoms with Gasteiger partial charge in [-0.3, -0.25) is 14.9 Å². The number of benzene rings is 2. The van der Waals surface area contributed by atoms with E-state index in [4.69, 9.17) is 36.3 Å². The van der Waals surface area contributed by atoms with Crippen molar-refractivity contribution in [1.29, 1.82) is 0 Å².